The Morgan fingerprint density at radius 1 is 1.24 bits per heavy atom. The Bertz CT molecular complexity index is 511. The van der Waals surface area contributed by atoms with Gasteiger partial charge in [-0.1, -0.05) is 0 Å². The standard InChI is InChI=1S/C14H14O2S/c1-3-16-12-6-4-11(5-7-12)13(15)14-10(2)8-9-17-14/h4-9H,3H2,1-2H3. The number of carbonyl (C=O) groups excluding carboxylic acids is 1. The highest BCUT2D eigenvalue weighted by atomic mass is 32.1. The van der Waals surface area contributed by atoms with Gasteiger partial charge in [-0.3, -0.25) is 4.79 Å². The van der Waals surface area contributed by atoms with Crippen molar-refractivity contribution < 1.29 is 9.53 Å². The molecule has 0 radical (unpaired) electrons. The zero-order valence-corrected chi connectivity index (χ0v) is 10.7. The topological polar surface area (TPSA) is 26.3 Å². The van der Waals surface area contributed by atoms with E-state index in [1.165, 1.54) is 11.3 Å². The first-order valence-electron chi connectivity index (χ1n) is 5.54. The number of rotatable bonds is 4. The summed E-state index contributed by atoms with van der Waals surface area (Å²) < 4.78 is 5.35. The lowest BCUT2D eigenvalue weighted by atomic mass is 10.1. The van der Waals surface area contributed by atoms with E-state index in [2.05, 4.69) is 0 Å². The van der Waals surface area contributed by atoms with E-state index >= 15 is 0 Å². The van der Waals surface area contributed by atoms with E-state index in [4.69, 9.17) is 4.74 Å². The second-order valence-electron chi connectivity index (χ2n) is 3.72. The molecule has 1 aromatic carbocycles. The van der Waals surface area contributed by atoms with Crippen molar-refractivity contribution >= 4 is 17.1 Å². The number of carbonyl (C=O) groups is 1. The summed E-state index contributed by atoms with van der Waals surface area (Å²) in [5.41, 5.74) is 1.74. The van der Waals surface area contributed by atoms with Crippen molar-refractivity contribution in [3.05, 3.63) is 51.7 Å². The summed E-state index contributed by atoms with van der Waals surface area (Å²) in [6.45, 7) is 4.53. The Morgan fingerprint density at radius 2 is 1.94 bits per heavy atom. The number of hydrogen-bond acceptors (Lipinski definition) is 3. The maximum atomic E-state index is 12.2. The van der Waals surface area contributed by atoms with Crippen LogP contribution >= 0.6 is 11.3 Å². The fourth-order valence-corrected chi connectivity index (χ4v) is 2.49. The minimum atomic E-state index is 0.0838. The van der Waals surface area contributed by atoms with Gasteiger partial charge < -0.3 is 4.74 Å². The van der Waals surface area contributed by atoms with Crippen LogP contribution in [0.5, 0.6) is 5.75 Å². The van der Waals surface area contributed by atoms with E-state index in [9.17, 15) is 4.79 Å². The molecule has 0 unspecified atom stereocenters. The number of hydrogen-bond donors (Lipinski definition) is 0. The predicted molar refractivity (Wildman–Crippen MR) is 70.1 cm³/mol. The van der Waals surface area contributed by atoms with Crippen LogP contribution in [-0.4, -0.2) is 12.4 Å². The highest BCUT2D eigenvalue weighted by Crippen LogP contribution is 2.21. The van der Waals surface area contributed by atoms with Gasteiger partial charge in [0.25, 0.3) is 0 Å². The molecule has 0 atom stereocenters. The highest BCUT2D eigenvalue weighted by molar-refractivity contribution is 7.12. The first-order valence-corrected chi connectivity index (χ1v) is 6.42. The van der Waals surface area contributed by atoms with Crippen molar-refractivity contribution in [3.8, 4) is 5.75 Å². The van der Waals surface area contributed by atoms with Gasteiger partial charge in [0.2, 0.25) is 5.78 Å². The number of thiophene rings is 1. The number of benzene rings is 1. The molecule has 1 heterocycles. The fourth-order valence-electron chi connectivity index (χ4n) is 1.61. The molecule has 0 amide bonds. The predicted octanol–water partition coefficient (Wildman–Crippen LogP) is 3.69. The van der Waals surface area contributed by atoms with Gasteiger partial charge >= 0.3 is 0 Å². The van der Waals surface area contributed by atoms with Gasteiger partial charge in [0, 0.05) is 5.56 Å². The summed E-state index contributed by atoms with van der Waals surface area (Å²) in [5.74, 6) is 0.882. The molecule has 0 fully saturated rings. The molecule has 2 rings (SSSR count). The molecule has 0 aliphatic carbocycles. The molecule has 0 N–H and O–H groups in total. The molecule has 0 spiro atoms. The third-order valence-corrected chi connectivity index (χ3v) is 3.51. The van der Waals surface area contributed by atoms with Crippen molar-refractivity contribution in [3.63, 3.8) is 0 Å². The SMILES string of the molecule is CCOc1ccc(C(=O)c2sccc2C)cc1. The van der Waals surface area contributed by atoms with Crippen LogP contribution in [0.2, 0.25) is 0 Å². The molecule has 0 saturated carbocycles. The number of ketones is 1. The maximum Gasteiger partial charge on any atom is 0.203 e. The maximum absolute atomic E-state index is 12.2. The minimum Gasteiger partial charge on any atom is -0.494 e. The molecule has 2 nitrogen and oxygen atoms in total. The van der Waals surface area contributed by atoms with Crippen LogP contribution in [0, 0.1) is 6.92 Å². The molecule has 3 heteroatoms. The van der Waals surface area contributed by atoms with Gasteiger partial charge in [-0.15, -0.1) is 11.3 Å². The Kier molecular flexibility index (Phi) is 3.59. The molecular weight excluding hydrogens is 232 g/mol. The van der Waals surface area contributed by atoms with Gasteiger partial charge in [-0.2, -0.15) is 0 Å². The van der Waals surface area contributed by atoms with Gasteiger partial charge in [-0.05, 0) is 55.1 Å². The molecule has 0 saturated heterocycles. The molecule has 0 bridgehead atoms. The van der Waals surface area contributed by atoms with Crippen LogP contribution in [0.3, 0.4) is 0 Å². The van der Waals surface area contributed by atoms with E-state index < -0.39 is 0 Å². The van der Waals surface area contributed by atoms with Crippen LogP contribution in [0.15, 0.2) is 35.7 Å². The summed E-state index contributed by atoms with van der Waals surface area (Å²) in [7, 11) is 0. The van der Waals surface area contributed by atoms with E-state index in [0.717, 1.165) is 16.2 Å². The van der Waals surface area contributed by atoms with Crippen molar-refractivity contribution in [2.24, 2.45) is 0 Å². The van der Waals surface area contributed by atoms with Crippen molar-refractivity contribution in [2.75, 3.05) is 6.61 Å². The van der Waals surface area contributed by atoms with Crippen molar-refractivity contribution in [1.82, 2.24) is 0 Å². The smallest absolute Gasteiger partial charge is 0.203 e. The van der Waals surface area contributed by atoms with Crippen LogP contribution in [0.1, 0.15) is 27.7 Å². The van der Waals surface area contributed by atoms with Crippen molar-refractivity contribution in [2.45, 2.75) is 13.8 Å². The second-order valence-corrected chi connectivity index (χ2v) is 4.64. The number of ether oxygens (including phenoxy) is 1. The Morgan fingerprint density at radius 3 is 2.47 bits per heavy atom. The molecule has 17 heavy (non-hydrogen) atoms. The summed E-state index contributed by atoms with van der Waals surface area (Å²) in [4.78, 5) is 13.0. The summed E-state index contributed by atoms with van der Waals surface area (Å²) >= 11 is 1.49. The lowest BCUT2D eigenvalue weighted by Crippen LogP contribution is -2.00. The second kappa shape index (κ2) is 5.15. The lowest BCUT2D eigenvalue weighted by Gasteiger charge is -2.04. The number of aryl methyl sites for hydroxylation is 1. The van der Waals surface area contributed by atoms with Crippen LogP contribution in [0.25, 0.3) is 0 Å². The average molecular weight is 246 g/mol. The molecule has 0 aliphatic rings. The van der Waals surface area contributed by atoms with E-state index in [1.807, 2.05) is 49.6 Å². The molecule has 88 valence electrons. The zero-order valence-electron chi connectivity index (χ0n) is 9.90. The first-order chi connectivity index (χ1) is 8.22. The quantitative estimate of drug-likeness (QED) is 0.769. The first kappa shape index (κ1) is 11.9. The fraction of sp³-hybridized carbons (Fsp3) is 0.214. The molecule has 0 aliphatic heterocycles. The largest absolute Gasteiger partial charge is 0.494 e. The Hall–Kier alpha value is -1.61. The van der Waals surface area contributed by atoms with Crippen LogP contribution < -0.4 is 4.74 Å². The van der Waals surface area contributed by atoms with Crippen LogP contribution in [0.4, 0.5) is 0 Å². The average Bonchev–Trinajstić information content (AvgIpc) is 2.76. The van der Waals surface area contributed by atoms with Gasteiger partial charge in [-0.25, -0.2) is 0 Å². The monoisotopic (exact) mass is 246 g/mol. The minimum absolute atomic E-state index is 0.0838. The van der Waals surface area contributed by atoms with E-state index in [-0.39, 0.29) is 5.78 Å². The lowest BCUT2D eigenvalue weighted by molar-refractivity contribution is 0.104. The molecule has 2 aromatic rings. The molecule has 1 aromatic heterocycles. The third kappa shape index (κ3) is 2.56. The highest BCUT2D eigenvalue weighted by Gasteiger charge is 2.12. The van der Waals surface area contributed by atoms with Gasteiger partial charge in [0.15, 0.2) is 0 Å². The van der Waals surface area contributed by atoms with Gasteiger partial charge in [0.1, 0.15) is 5.75 Å². The Labute approximate surface area is 105 Å². The summed E-state index contributed by atoms with van der Waals surface area (Å²) in [6, 6.07) is 9.25. The van der Waals surface area contributed by atoms with E-state index in [1.54, 1.807) is 0 Å². The van der Waals surface area contributed by atoms with Crippen molar-refractivity contribution in [1.29, 1.82) is 0 Å². The molecular formula is C14H14O2S. The normalized spacial score (nSPS) is 10.2. The third-order valence-electron chi connectivity index (χ3n) is 2.50. The Balaban J connectivity index is 2.23. The van der Waals surface area contributed by atoms with Gasteiger partial charge in [0.05, 0.1) is 11.5 Å². The summed E-state index contributed by atoms with van der Waals surface area (Å²) in [6.07, 6.45) is 0. The zero-order chi connectivity index (χ0) is 12.3. The summed E-state index contributed by atoms with van der Waals surface area (Å²) in [5, 5.41) is 1.94. The van der Waals surface area contributed by atoms with Crippen LogP contribution in [-0.2, 0) is 0 Å². The van der Waals surface area contributed by atoms with E-state index in [0.29, 0.717) is 12.2 Å².